The second kappa shape index (κ2) is 7.63. The Morgan fingerprint density at radius 2 is 1.57 bits per heavy atom. The first-order chi connectivity index (χ1) is 14.7. The molecule has 1 aliphatic carbocycles. The molecule has 1 fully saturated rings. The summed E-state index contributed by atoms with van der Waals surface area (Å²) in [6, 6.07) is 25.0. The van der Waals surface area contributed by atoms with Crippen LogP contribution in [0, 0.1) is 12.3 Å². The van der Waals surface area contributed by atoms with Crippen molar-refractivity contribution >= 4 is 36.6 Å². The molecule has 0 N–H and O–H groups in total. The summed E-state index contributed by atoms with van der Waals surface area (Å²) in [5.41, 5.74) is -0.178. The van der Waals surface area contributed by atoms with E-state index in [0.29, 0.717) is 5.56 Å². The molecule has 0 bridgehead atoms. The van der Waals surface area contributed by atoms with E-state index in [0.717, 1.165) is 37.5 Å². The number of benzene rings is 3. The van der Waals surface area contributed by atoms with Crippen LogP contribution in [0.1, 0.15) is 42.5 Å². The van der Waals surface area contributed by atoms with Gasteiger partial charge in [0.15, 0.2) is 19.9 Å². The van der Waals surface area contributed by atoms with Crippen molar-refractivity contribution in [1.29, 1.82) is 0 Å². The van der Waals surface area contributed by atoms with Crippen LogP contribution < -0.4 is 0 Å². The Hall–Kier alpha value is -3.09. The molecule has 3 heteroatoms. The monoisotopic (exact) mass is 411 g/mol. The molecular formula is C27H23O2S+. The number of carbonyl (C=O) groups excluding carboxylic acids is 1. The van der Waals surface area contributed by atoms with Gasteiger partial charge in [0.1, 0.15) is 0 Å². The fraction of sp³-hybridized carbons (Fsp3) is 0.222. The molecular weight excluding hydrogens is 388 g/mol. The average molecular weight is 412 g/mol. The fourth-order valence-corrected chi connectivity index (χ4v) is 6.86. The van der Waals surface area contributed by atoms with Crippen molar-refractivity contribution in [2.24, 2.45) is 0 Å². The summed E-state index contributed by atoms with van der Waals surface area (Å²) >= 11 is 0. The second-order valence-electron chi connectivity index (χ2n) is 7.92. The normalized spacial score (nSPS) is 16.3. The van der Waals surface area contributed by atoms with Crippen LogP contribution in [0.2, 0.25) is 0 Å². The summed E-state index contributed by atoms with van der Waals surface area (Å²) in [5, 5.41) is 2.31. The average Bonchev–Trinajstić information content (AvgIpc) is 3.14. The Morgan fingerprint density at radius 3 is 2.33 bits per heavy atom. The van der Waals surface area contributed by atoms with Crippen molar-refractivity contribution in [2.45, 2.75) is 37.7 Å². The molecule has 0 spiro atoms. The Labute approximate surface area is 179 Å². The largest absolute Gasteiger partial charge is 0.442 e. The van der Waals surface area contributed by atoms with Crippen LogP contribution in [0.5, 0.6) is 0 Å². The second-order valence-corrected chi connectivity index (χ2v) is 9.88. The van der Waals surface area contributed by atoms with Crippen LogP contribution in [0.15, 0.2) is 72.8 Å². The van der Waals surface area contributed by atoms with E-state index < -0.39 is 5.60 Å². The first-order valence-corrected chi connectivity index (χ1v) is 11.7. The minimum absolute atomic E-state index is 0.163. The van der Waals surface area contributed by atoms with Gasteiger partial charge in [0.05, 0.1) is 5.56 Å². The lowest BCUT2D eigenvalue weighted by molar-refractivity contribution is -0.00661. The summed E-state index contributed by atoms with van der Waals surface area (Å²) in [4.78, 5) is 14.3. The first-order valence-electron chi connectivity index (χ1n) is 10.4. The van der Waals surface area contributed by atoms with Crippen LogP contribution in [-0.4, -0.2) is 11.6 Å². The van der Waals surface area contributed by atoms with Crippen molar-refractivity contribution < 1.29 is 9.53 Å². The highest BCUT2D eigenvalue weighted by molar-refractivity contribution is 7.50. The zero-order chi connectivity index (χ0) is 20.6. The Morgan fingerprint density at radius 1 is 0.867 bits per heavy atom. The van der Waals surface area contributed by atoms with Gasteiger partial charge in [-0.1, -0.05) is 42.7 Å². The summed E-state index contributed by atoms with van der Waals surface area (Å²) in [6.07, 6.45) is 10.4. The Balaban J connectivity index is 1.61. The molecule has 30 heavy (non-hydrogen) atoms. The highest BCUT2D eigenvalue weighted by Crippen LogP contribution is 2.48. The van der Waals surface area contributed by atoms with Crippen molar-refractivity contribution in [1.82, 2.24) is 0 Å². The summed E-state index contributed by atoms with van der Waals surface area (Å²) < 4.78 is 8.46. The van der Waals surface area contributed by atoms with Gasteiger partial charge in [-0.3, -0.25) is 0 Å². The van der Waals surface area contributed by atoms with Gasteiger partial charge in [-0.25, -0.2) is 4.79 Å². The lowest BCUT2D eigenvalue weighted by Gasteiger charge is -2.31. The summed E-state index contributed by atoms with van der Waals surface area (Å²) in [5.74, 6) is 2.45. The predicted molar refractivity (Wildman–Crippen MR) is 125 cm³/mol. The molecule has 1 heterocycles. The van der Waals surface area contributed by atoms with Crippen LogP contribution in [-0.2, 0) is 4.74 Å². The van der Waals surface area contributed by atoms with Gasteiger partial charge < -0.3 is 4.74 Å². The quantitative estimate of drug-likeness (QED) is 0.202. The number of terminal acetylenes is 1. The predicted octanol–water partition coefficient (Wildman–Crippen LogP) is 7.22. The van der Waals surface area contributed by atoms with Crippen molar-refractivity contribution in [2.75, 3.05) is 0 Å². The van der Waals surface area contributed by atoms with Gasteiger partial charge in [0.2, 0.25) is 0 Å². The number of carbonyl (C=O) groups is 1. The van der Waals surface area contributed by atoms with Gasteiger partial charge in [-0.15, -0.1) is 6.42 Å². The van der Waals surface area contributed by atoms with E-state index in [9.17, 15) is 4.79 Å². The topological polar surface area (TPSA) is 26.3 Å². The number of hydrogen-bond acceptors (Lipinski definition) is 2. The lowest BCUT2D eigenvalue weighted by atomic mass is 9.85. The van der Waals surface area contributed by atoms with Crippen LogP contribution >= 0.6 is 10.5 Å². The molecule has 4 aromatic rings. The van der Waals surface area contributed by atoms with E-state index in [1.54, 1.807) is 0 Å². The minimum atomic E-state index is -0.749. The van der Waals surface area contributed by atoms with Crippen LogP contribution in [0.4, 0.5) is 0 Å². The van der Waals surface area contributed by atoms with Gasteiger partial charge in [-0.05, 0) is 68.1 Å². The molecule has 0 saturated heterocycles. The molecule has 148 valence electrons. The molecule has 1 aromatic heterocycles. The van der Waals surface area contributed by atoms with Crippen LogP contribution in [0.25, 0.3) is 25.1 Å². The number of hydrogen-bond donors (Lipinski definition) is 0. The fourth-order valence-electron chi connectivity index (χ4n) is 4.48. The van der Waals surface area contributed by atoms with E-state index >= 15 is 0 Å². The first kappa shape index (κ1) is 18.9. The number of fused-ring (bicyclic) bond motifs is 3. The van der Waals surface area contributed by atoms with E-state index in [1.165, 1.54) is 19.7 Å². The SMILES string of the molecule is C#CC1(OC(=O)c2ccc3c(c2)c2ccccc2[s+]3-c2ccccc2)CCCCC1. The van der Waals surface area contributed by atoms with Crippen LogP contribution in [0.3, 0.4) is 0 Å². The van der Waals surface area contributed by atoms with Gasteiger partial charge in [0.25, 0.3) is 0 Å². The molecule has 0 amide bonds. The van der Waals surface area contributed by atoms with E-state index in [1.807, 2.05) is 18.2 Å². The minimum Gasteiger partial charge on any atom is -0.442 e. The summed E-state index contributed by atoms with van der Waals surface area (Å²) in [7, 11) is -0.163. The zero-order valence-electron chi connectivity index (χ0n) is 16.8. The zero-order valence-corrected chi connectivity index (χ0v) is 17.6. The molecule has 1 aliphatic rings. The molecule has 1 unspecified atom stereocenters. The Bertz CT molecular complexity index is 1270. The molecule has 2 nitrogen and oxygen atoms in total. The van der Waals surface area contributed by atoms with Gasteiger partial charge in [-0.2, -0.15) is 0 Å². The maximum Gasteiger partial charge on any atom is 0.339 e. The maximum absolute atomic E-state index is 13.0. The van der Waals surface area contributed by atoms with E-state index in [4.69, 9.17) is 11.2 Å². The number of esters is 1. The van der Waals surface area contributed by atoms with Gasteiger partial charge in [0, 0.05) is 21.2 Å². The van der Waals surface area contributed by atoms with Crippen molar-refractivity contribution in [3.05, 3.63) is 78.4 Å². The van der Waals surface area contributed by atoms with Gasteiger partial charge >= 0.3 is 5.97 Å². The number of ether oxygens (including phenoxy) is 1. The summed E-state index contributed by atoms with van der Waals surface area (Å²) in [6.45, 7) is 0. The molecule has 1 atom stereocenters. The number of thiophene rings is 1. The third kappa shape index (κ3) is 3.18. The molecule has 5 rings (SSSR count). The van der Waals surface area contributed by atoms with Crippen molar-refractivity contribution in [3.63, 3.8) is 0 Å². The highest BCUT2D eigenvalue weighted by Gasteiger charge is 2.34. The van der Waals surface area contributed by atoms with Crippen molar-refractivity contribution in [3.8, 4) is 17.2 Å². The van der Waals surface area contributed by atoms with E-state index in [2.05, 4.69) is 60.5 Å². The molecule has 0 aliphatic heterocycles. The standard InChI is InChI=1S/C27H23O2S/c1-2-27(17-9-4-10-18-27)29-26(28)20-15-16-25-23(19-20)22-13-7-8-14-24(22)30(25)21-11-5-3-6-12-21/h1,3,5-8,11-16,19H,4,9-10,17-18H2/q+1. The smallest absolute Gasteiger partial charge is 0.339 e. The lowest BCUT2D eigenvalue weighted by Crippen LogP contribution is -2.35. The third-order valence-corrected chi connectivity index (χ3v) is 8.36. The molecule has 3 aromatic carbocycles. The molecule has 0 radical (unpaired) electrons. The Kier molecular flexibility index (Phi) is 4.81. The van der Waals surface area contributed by atoms with E-state index in [-0.39, 0.29) is 16.4 Å². The number of rotatable bonds is 3. The highest BCUT2D eigenvalue weighted by atomic mass is 32.2. The molecule has 1 saturated carbocycles. The third-order valence-electron chi connectivity index (χ3n) is 6.02. The maximum atomic E-state index is 13.0.